The highest BCUT2D eigenvalue weighted by Gasteiger charge is 2.20. The van der Waals surface area contributed by atoms with Crippen molar-refractivity contribution in [3.63, 3.8) is 0 Å². The number of nitrogens with one attached hydrogen (secondary N) is 1. The average molecular weight is 291 g/mol. The monoisotopic (exact) mass is 291 g/mol. The molecule has 0 fully saturated rings. The van der Waals surface area contributed by atoms with Crippen LogP contribution in [0.25, 0.3) is 0 Å². The molecule has 7 heteroatoms. The van der Waals surface area contributed by atoms with Gasteiger partial charge in [0.2, 0.25) is 10.0 Å². The first kappa shape index (κ1) is 15.0. The van der Waals surface area contributed by atoms with E-state index in [0.29, 0.717) is 12.1 Å². The van der Waals surface area contributed by atoms with E-state index in [9.17, 15) is 13.2 Å². The molecule has 0 aromatic carbocycles. The minimum atomic E-state index is -3.40. The summed E-state index contributed by atoms with van der Waals surface area (Å²) < 4.78 is 30.7. The van der Waals surface area contributed by atoms with Gasteiger partial charge in [-0.15, -0.1) is 11.3 Å². The number of hydrogen-bond acceptors (Lipinski definition) is 5. The molecule has 1 N–H and O–H groups in total. The fourth-order valence-electron chi connectivity index (χ4n) is 1.35. The van der Waals surface area contributed by atoms with Crippen LogP contribution in [0.5, 0.6) is 0 Å². The van der Waals surface area contributed by atoms with Crippen molar-refractivity contribution < 1.29 is 17.9 Å². The Labute approximate surface area is 111 Å². The quantitative estimate of drug-likeness (QED) is 0.817. The molecule has 0 spiro atoms. The van der Waals surface area contributed by atoms with Gasteiger partial charge in [-0.1, -0.05) is 13.3 Å². The van der Waals surface area contributed by atoms with Crippen molar-refractivity contribution in [1.82, 2.24) is 0 Å². The molecular weight excluding hydrogens is 274 g/mol. The fraction of sp³-hybridized carbons (Fsp3) is 0.545. The third kappa shape index (κ3) is 3.71. The summed E-state index contributed by atoms with van der Waals surface area (Å²) in [4.78, 5) is 11.8. The van der Waals surface area contributed by atoms with Gasteiger partial charge < -0.3 is 4.74 Å². The molecule has 1 rings (SSSR count). The molecule has 0 amide bonds. The maximum atomic E-state index is 11.8. The van der Waals surface area contributed by atoms with Crippen molar-refractivity contribution >= 4 is 33.0 Å². The molecule has 0 atom stereocenters. The van der Waals surface area contributed by atoms with Crippen LogP contribution in [-0.4, -0.2) is 27.2 Å². The van der Waals surface area contributed by atoms with Gasteiger partial charge >= 0.3 is 5.97 Å². The van der Waals surface area contributed by atoms with E-state index in [1.54, 1.807) is 12.3 Å². The lowest BCUT2D eigenvalue weighted by atomic mass is 10.3. The summed E-state index contributed by atoms with van der Waals surface area (Å²) >= 11 is 1.17. The normalized spacial score (nSPS) is 11.3. The third-order valence-corrected chi connectivity index (χ3v) is 4.79. The third-order valence-electron chi connectivity index (χ3n) is 2.37. The molecule has 18 heavy (non-hydrogen) atoms. The number of rotatable bonds is 6. The lowest BCUT2D eigenvalue weighted by molar-refractivity contribution is 0.0607. The second kappa shape index (κ2) is 6.19. The van der Waals surface area contributed by atoms with Gasteiger partial charge in [-0.2, -0.15) is 0 Å². The van der Waals surface area contributed by atoms with Crippen LogP contribution in [-0.2, 0) is 14.8 Å². The molecule has 0 aliphatic rings. The molecular formula is C11H17NO4S2. The fourth-order valence-corrected chi connectivity index (χ4v) is 3.69. The molecule has 0 bridgehead atoms. The Kier molecular flexibility index (Phi) is 5.15. The second-order valence-corrected chi connectivity index (χ2v) is 6.61. The molecule has 0 saturated heterocycles. The first-order valence-electron chi connectivity index (χ1n) is 5.58. The topological polar surface area (TPSA) is 72.5 Å². The summed E-state index contributed by atoms with van der Waals surface area (Å²) in [6.07, 6.45) is 1.39. The largest absolute Gasteiger partial charge is 0.465 e. The zero-order valence-electron chi connectivity index (χ0n) is 10.6. The van der Waals surface area contributed by atoms with Gasteiger partial charge in [0.25, 0.3) is 0 Å². The number of anilines is 1. The first-order chi connectivity index (χ1) is 8.41. The maximum Gasteiger partial charge on any atom is 0.350 e. The lowest BCUT2D eigenvalue weighted by Crippen LogP contribution is -2.18. The number of hydrogen-bond donors (Lipinski definition) is 1. The highest BCUT2D eigenvalue weighted by molar-refractivity contribution is 7.92. The number of methoxy groups -OCH3 is 1. The van der Waals surface area contributed by atoms with Crippen molar-refractivity contribution in [2.24, 2.45) is 0 Å². The standard InChI is InChI=1S/C11H17NO4S2/c1-4-5-6-18(14,15)12-9-8(2)7-17-10(9)11(13)16-3/h7,12H,4-6H2,1-3H3. The second-order valence-electron chi connectivity index (χ2n) is 3.89. The van der Waals surface area contributed by atoms with E-state index in [-0.39, 0.29) is 10.6 Å². The Bertz CT molecular complexity index is 519. The van der Waals surface area contributed by atoms with E-state index in [1.807, 2.05) is 6.92 Å². The number of sulfonamides is 1. The molecule has 1 heterocycles. The number of esters is 1. The number of carbonyl (C=O) groups is 1. The molecule has 0 aliphatic carbocycles. The van der Waals surface area contributed by atoms with Gasteiger partial charge in [-0.25, -0.2) is 13.2 Å². The minimum absolute atomic E-state index is 0.0550. The van der Waals surface area contributed by atoms with E-state index in [2.05, 4.69) is 9.46 Å². The van der Waals surface area contributed by atoms with Crippen LogP contribution >= 0.6 is 11.3 Å². The smallest absolute Gasteiger partial charge is 0.350 e. The van der Waals surface area contributed by atoms with Gasteiger partial charge in [-0.3, -0.25) is 4.72 Å². The van der Waals surface area contributed by atoms with Crippen molar-refractivity contribution in [2.75, 3.05) is 17.6 Å². The Balaban J connectivity index is 2.97. The summed E-state index contributed by atoms with van der Waals surface area (Å²) in [7, 11) is -2.13. The Hall–Kier alpha value is -1.08. The van der Waals surface area contributed by atoms with Crippen LogP contribution in [0.15, 0.2) is 5.38 Å². The maximum absolute atomic E-state index is 11.8. The number of ether oxygens (including phenoxy) is 1. The van der Waals surface area contributed by atoms with E-state index < -0.39 is 16.0 Å². The molecule has 0 saturated carbocycles. The molecule has 1 aromatic heterocycles. The van der Waals surface area contributed by atoms with E-state index in [1.165, 1.54) is 18.4 Å². The predicted molar refractivity (Wildman–Crippen MR) is 72.7 cm³/mol. The summed E-state index contributed by atoms with van der Waals surface area (Å²) in [5.41, 5.74) is 1.06. The van der Waals surface area contributed by atoms with Gasteiger partial charge in [-0.05, 0) is 24.3 Å². The van der Waals surface area contributed by atoms with Crippen LogP contribution in [0.2, 0.25) is 0 Å². The molecule has 0 unspecified atom stereocenters. The zero-order chi connectivity index (χ0) is 13.8. The number of carbonyl (C=O) groups excluding carboxylic acids is 1. The lowest BCUT2D eigenvalue weighted by Gasteiger charge is -2.09. The van der Waals surface area contributed by atoms with Crippen molar-refractivity contribution in [1.29, 1.82) is 0 Å². The number of unbranched alkanes of at least 4 members (excludes halogenated alkanes) is 1. The van der Waals surface area contributed by atoms with Crippen molar-refractivity contribution in [2.45, 2.75) is 26.7 Å². The summed E-state index contributed by atoms with van der Waals surface area (Å²) in [5.74, 6) is -0.472. The average Bonchev–Trinajstić information content (AvgIpc) is 2.67. The molecule has 0 aliphatic heterocycles. The minimum Gasteiger partial charge on any atom is -0.465 e. The zero-order valence-corrected chi connectivity index (χ0v) is 12.3. The highest BCUT2D eigenvalue weighted by Crippen LogP contribution is 2.29. The molecule has 5 nitrogen and oxygen atoms in total. The highest BCUT2D eigenvalue weighted by atomic mass is 32.2. The first-order valence-corrected chi connectivity index (χ1v) is 8.11. The molecule has 1 aromatic rings. The Morgan fingerprint density at radius 3 is 2.72 bits per heavy atom. The SMILES string of the molecule is CCCCS(=O)(=O)Nc1c(C)csc1C(=O)OC. The Morgan fingerprint density at radius 1 is 1.50 bits per heavy atom. The van der Waals surface area contributed by atoms with Crippen LogP contribution in [0.1, 0.15) is 35.0 Å². The number of thiophene rings is 1. The van der Waals surface area contributed by atoms with E-state index in [4.69, 9.17) is 0 Å². The van der Waals surface area contributed by atoms with Crippen LogP contribution < -0.4 is 4.72 Å². The molecule has 102 valence electrons. The summed E-state index contributed by atoms with van der Waals surface area (Å²) in [6.45, 7) is 3.67. The number of aryl methyl sites for hydroxylation is 1. The summed E-state index contributed by atoms with van der Waals surface area (Å²) in [5, 5.41) is 1.73. The van der Waals surface area contributed by atoms with Gasteiger partial charge in [0.1, 0.15) is 4.88 Å². The van der Waals surface area contributed by atoms with E-state index >= 15 is 0 Å². The van der Waals surface area contributed by atoms with Crippen molar-refractivity contribution in [3.05, 3.63) is 15.8 Å². The van der Waals surface area contributed by atoms with Crippen molar-refractivity contribution in [3.8, 4) is 0 Å². The Morgan fingerprint density at radius 2 is 2.17 bits per heavy atom. The van der Waals surface area contributed by atoms with Gasteiger partial charge in [0.15, 0.2) is 0 Å². The van der Waals surface area contributed by atoms with E-state index in [0.717, 1.165) is 12.0 Å². The van der Waals surface area contributed by atoms with Crippen LogP contribution in [0, 0.1) is 6.92 Å². The van der Waals surface area contributed by atoms with Gasteiger partial charge in [0.05, 0.1) is 18.6 Å². The van der Waals surface area contributed by atoms with Gasteiger partial charge in [0, 0.05) is 0 Å². The predicted octanol–water partition coefficient (Wildman–Crippen LogP) is 2.38. The van der Waals surface area contributed by atoms with Crippen LogP contribution in [0.4, 0.5) is 5.69 Å². The van der Waals surface area contributed by atoms with Crippen LogP contribution in [0.3, 0.4) is 0 Å². The molecule has 0 radical (unpaired) electrons. The summed E-state index contributed by atoms with van der Waals surface area (Å²) in [6, 6.07) is 0.